The second-order valence-electron chi connectivity index (χ2n) is 8.50. The van der Waals surface area contributed by atoms with Gasteiger partial charge in [0.05, 0.1) is 17.1 Å². The van der Waals surface area contributed by atoms with Crippen LogP contribution in [0.2, 0.25) is 5.15 Å². The zero-order valence-corrected chi connectivity index (χ0v) is 19.3. The minimum atomic E-state index is -4.02. The fraction of sp³-hybridized carbons (Fsp3) is 0.348. The van der Waals surface area contributed by atoms with E-state index in [2.05, 4.69) is 10.1 Å². The van der Waals surface area contributed by atoms with Crippen LogP contribution in [0.15, 0.2) is 59.6 Å². The molecule has 1 aromatic carbocycles. The Labute approximate surface area is 197 Å². The number of amides is 1. The maximum Gasteiger partial charge on any atom is 0.268 e. The smallest absolute Gasteiger partial charge is 0.268 e. The minimum absolute atomic E-state index is 0.0197. The average molecular weight is 487 g/mol. The van der Waals surface area contributed by atoms with Crippen LogP contribution in [0.1, 0.15) is 36.0 Å². The molecule has 33 heavy (non-hydrogen) atoms. The van der Waals surface area contributed by atoms with Gasteiger partial charge in [0, 0.05) is 12.3 Å². The normalized spacial score (nSPS) is 16.1. The monoisotopic (exact) mass is 486 g/mol. The Bertz CT molecular complexity index is 1260. The Morgan fingerprint density at radius 3 is 2.42 bits per heavy atom. The number of aromatic nitrogens is 3. The molecule has 1 amide bonds. The molecule has 172 valence electrons. The number of sulfonamides is 1. The fourth-order valence-electron chi connectivity index (χ4n) is 3.96. The molecule has 5 rings (SSSR count). The van der Waals surface area contributed by atoms with Crippen LogP contribution in [0.4, 0.5) is 0 Å². The lowest BCUT2D eigenvalue weighted by Gasteiger charge is -2.14. The number of benzene rings is 1. The second kappa shape index (κ2) is 8.79. The van der Waals surface area contributed by atoms with Crippen molar-refractivity contribution in [2.45, 2.75) is 30.6 Å². The van der Waals surface area contributed by atoms with Gasteiger partial charge in [0.1, 0.15) is 5.15 Å². The van der Waals surface area contributed by atoms with E-state index in [1.165, 1.54) is 48.6 Å². The zero-order chi connectivity index (χ0) is 23.0. The van der Waals surface area contributed by atoms with E-state index in [0.717, 1.165) is 11.8 Å². The molecule has 3 aromatic rings. The molecule has 0 aliphatic heterocycles. The first-order valence-corrected chi connectivity index (χ1v) is 12.7. The molecule has 0 radical (unpaired) electrons. The van der Waals surface area contributed by atoms with Gasteiger partial charge in [-0.2, -0.15) is 0 Å². The van der Waals surface area contributed by atoms with Gasteiger partial charge in [-0.15, -0.1) is 5.10 Å². The summed E-state index contributed by atoms with van der Waals surface area (Å²) < 4.78 is 34.3. The van der Waals surface area contributed by atoms with Crippen molar-refractivity contribution in [3.8, 4) is 11.7 Å². The Kier molecular flexibility index (Phi) is 5.84. The van der Waals surface area contributed by atoms with Crippen molar-refractivity contribution in [2.24, 2.45) is 17.8 Å². The van der Waals surface area contributed by atoms with E-state index < -0.39 is 15.9 Å². The number of carbonyl (C=O) groups excluding carboxylic acids is 1. The predicted molar refractivity (Wildman–Crippen MR) is 122 cm³/mol. The molecule has 0 saturated heterocycles. The number of pyridine rings is 1. The van der Waals surface area contributed by atoms with Gasteiger partial charge in [-0.25, -0.2) is 22.8 Å². The van der Waals surface area contributed by atoms with Gasteiger partial charge >= 0.3 is 0 Å². The molecule has 2 fully saturated rings. The Morgan fingerprint density at radius 2 is 1.79 bits per heavy atom. The third-order valence-corrected chi connectivity index (χ3v) is 7.67. The molecular weight excluding hydrogens is 464 g/mol. The summed E-state index contributed by atoms with van der Waals surface area (Å²) in [4.78, 5) is 16.7. The summed E-state index contributed by atoms with van der Waals surface area (Å²) in [6, 6.07) is 12.3. The predicted octanol–water partition coefficient (Wildman–Crippen LogP) is 3.85. The highest BCUT2D eigenvalue weighted by Crippen LogP contribution is 2.49. The van der Waals surface area contributed by atoms with Crippen molar-refractivity contribution in [3.05, 3.63) is 65.4 Å². The third kappa shape index (κ3) is 5.04. The van der Waals surface area contributed by atoms with Gasteiger partial charge in [0.25, 0.3) is 15.9 Å². The fourth-order valence-corrected chi connectivity index (χ4v) is 5.18. The molecule has 2 aromatic heterocycles. The minimum Gasteiger partial charge on any atom is -0.476 e. The lowest BCUT2D eigenvalue weighted by molar-refractivity contribution is 0.0981. The summed E-state index contributed by atoms with van der Waals surface area (Å²) in [6.45, 7) is 0.676. The SMILES string of the molecule is O=C(NS(=O)(=O)c1ccccc1)c1ccc(-n2ccc(OCC(C3CC3)C3CC3)n2)nc1Cl. The molecule has 2 heterocycles. The van der Waals surface area contributed by atoms with E-state index in [-0.39, 0.29) is 15.6 Å². The van der Waals surface area contributed by atoms with Crippen LogP contribution < -0.4 is 9.46 Å². The first kappa shape index (κ1) is 21.9. The Balaban J connectivity index is 1.25. The van der Waals surface area contributed by atoms with Crippen LogP contribution in [0.5, 0.6) is 5.88 Å². The number of ether oxygens (including phenoxy) is 1. The summed E-state index contributed by atoms with van der Waals surface area (Å²) in [5.74, 6) is 2.24. The van der Waals surface area contributed by atoms with Crippen molar-refractivity contribution in [1.82, 2.24) is 19.5 Å². The number of halogens is 1. The van der Waals surface area contributed by atoms with Crippen LogP contribution in [0.3, 0.4) is 0 Å². The van der Waals surface area contributed by atoms with Gasteiger partial charge in [-0.1, -0.05) is 29.8 Å². The first-order valence-electron chi connectivity index (χ1n) is 10.9. The Hall–Kier alpha value is -2.91. The molecule has 8 nitrogen and oxygen atoms in total. The van der Waals surface area contributed by atoms with Crippen LogP contribution in [0, 0.1) is 17.8 Å². The molecule has 2 saturated carbocycles. The lowest BCUT2D eigenvalue weighted by Crippen LogP contribution is -2.31. The average Bonchev–Trinajstić information content (AvgIpc) is 3.74. The van der Waals surface area contributed by atoms with Crippen LogP contribution in [-0.2, 0) is 10.0 Å². The summed E-state index contributed by atoms with van der Waals surface area (Å²) in [7, 11) is -4.02. The van der Waals surface area contributed by atoms with Crippen LogP contribution >= 0.6 is 11.6 Å². The summed E-state index contributed by atoms with van der Waals surface area (Å²) in [5.41, 5.74) is -0.0553. The number of rotatable bonds is 9. The molecule has 2 aliphatic rings. The van der Waals surface area contributed by atoms with Crippen molar-refractivity contribution in [2.75, 3.05) is 6.61 Å². The number of hydrogen-bond donors (Lipinski definition) is 1. The molecule has 0 atom stereocenters. The van der Waals surface area contributed by atoms with E-state index in [0.29, 0.717) is 24.2 Å². The van der Waals surface area contributed by atoms with Crippen molar-refractivity contribution in [1.29, 1.82) is 0 Å². The maximum atomic E-state index is 12.5. The molecule has 0 bridgehead atoms. The quantitative estimate of drug-likeness (QED) is 0.461. The highest BCUT2D eigenvalue weighted by atomic mass is 35.5. The molecule has 0 spiro atoms. The summed E-state index contributed by atoms with van der Waals surface area (Å²) in [5, 5.41) is 4.27. The lowest BCUT2D eigenvalue weighted by atomic mass is 9.99. The highest BCUT2D eigenvalue weighted by Gasteiger charge is 2.41. The van der Waals surface area contributed by atoms with Gasteiger partial charge in [-0.05, 0) is 67.7 Å². The largest absolute Gasteiger partial charge is 0.476 e. The van der Waals surface area contributed by atoms with E-state index >= 15 is 0 Å². The third-order valence-electron chi connectivity index (χ3n) is 6.04. The molecular formula is C23H23ClN4O4S. The topological polar surface area (TPSA) is 103 Å². The van der Waals surface area contributed by atoms with Crippen molar-refractivity contribution < 1.29 is 17.9 Å². The number of nitrogens with one attached hydrogen (secondary N) is 1. The molecule has 1 N–H and O–H groups in total. The highest BCUT2D eigenvalue weighted by molar-refractivity contribution is 7.90. The molecule has 10 heteroatoms. The number of carbonyl (C=O) groups is 1. The number of nitrogens with zero attached hydrogens (tertiary/aromatic N) is 3. The van der Waals surface area contributed by atoms with Gasteiger partial charge in [0.2, 0.25) is 5.88 Å². The molecule has 0 unspecified atom stereocenters. The van der Waals surface area contributed by atoms with Crippen LogP contribution in [0.25, 0.3) is 5.82 Å². The van der Waals surface area contributed by atoms with Gasteiger partial charge < -0.3 is 4.74 Å². The van der Waals surface area contributed by atoms with Crippen molar-refractivity contribution >= 4 is 27.5 Å². The van der Waals surface area contributed by atoms with Gasteiger partial charge in [0.15, 0.2) is 5.82 Å². The van der Waals surface area contributed by atoms with Crippen molar-refractivity contribution in [3.63, 3.8) is 0 Å². The van der Waals surface area contributed by atoms with Gasteiger partial charge in [-0.3, -0.25) is 4.79 Å². The standard InChI is InChI=1S/C23H23ClN4O4S/c24-22-18(23(29)27-33(30,31)17-4-2-1-3-5-17)10-11-20(25-22)28-13-12-21(26-28)32-14-19(15-6-7-15)16-8-9-16/h1-5,10-13,15-16,19H,6-9,14H2,(H,27,29). The zero-order valence-electron chi connectivity index (χ0n) is 17.7. The van der Waals surface area contributed by atoms with E-state index in [4.69, 9.17) is 16.3 Å². The number of hydrogen-bond acceptors (Lipinski definition) is 6. The second-order valence-corrected chi connectivity index (χ2v) is 10.5. The van der Waals surface area contributed by atoms with Crippen LogP contribution in [-0.4, -0.2) is 35.7 Å². The van der Waals surface area contributed by atoms with E-state index in [1.807, 2.05) is 4.72 Å². The Morgan fingerprint density at radius 1 is 1.09 bits per heavy atom. The first-order chi connectivity index (χ1) is 15.9. The van der Waals surface area contributed by atoms with E-state index in [1.54, 1.807) is 36.5 Å². The summed E-state index contributed by atoms with van der Waals surface area (Å²) >= 11 is 6.20. The maximum absolute atomic E-state index is 12.5. The van der Waals surface area contributed by atoms with E-state index in [9.17, 15) is 13.2 Å². The molecule has 2 aliphatic carbocycles. The summed E-state index contributed by atoms with van der Waals surface area (Å²) in [6.07, 6.45) is 6.90.